The van der Waals surface area contributed by atoms with E-state index in [9.17, 15) is 9.59 Å². The molecule has 6 heteroatoms. The lowest BCUT2D eigenvalue weighted by Crippen LogP contribution is -2.44. The second-order valence-corrected chi connectivity index (χ2v) is 5.47. The number of benzene rings is 1. The van der Waals surface area contributed by atoms with Crippen LogP contribution < -0.4 is 10.6 Å². The van der Waals surface area contributed by atoms with Crippen LogP contribution in [-0.4, -0.2) is 29.4 Å². The molecule has 96 valence electrons. The number of carbonyl (C=O) groups excluding carboxylic acids is 2. The Bertz CT molecular complexity index is 467. The third-order valence-corrected chi connectivity index (χ3v) is 3.93. The third kappa shape index (κ3) is 3.40. The molecule has 1 aliphatic rings. The van der Waals surface area contributed by atoms with Crippen LogP contribution in [0.15, 0.2) is 24.3 Å². The second-order valence-electron chi connectivity index (χ2n) is 3.91. The minimum absolute atomic E-state index is 0.0840. The van der Waals surface area contributed by atoms with Gasteiger partial charge in [-0.25, -0.2) is 0 Å². The summed E-state index contributed by atoms with van der Waals surface area (Å²) in [6, 6.07) is 6.52. The van der Waals surface area contributed by atoms with Crippen molar-refractivity contribution in [3.63, 3.8) is 0 Å². The number of nitrogens with one attached hydrogen (secondary N) is 2. The molecule has 1 aliphatic heterocycles. The maximum absolute atomic E-state index is 12.0. The van der Waals surface area contributed by atoms with Gasteiger partial charge in [-0.05, 0) is 12.1 Å². The van der Waals surface area contributed by atoms with Crippen molar-refractivity contribution in [3.05, 3.63) is 29.3 Å². The van der Waals surface area contributed by atoms with Gasteiger partial charge in [-0.2, -0.15) is 11.8 Å². The van der Waals surface area contributed by atoms with E-state index < -0.39 is 6.04 Å². The highest BCUT2D eigenvalue weighted by molar-refractivity contribution is 7.99. The number of amides is 2. The van der Waals surface area contributed by atoms with Crippen molar-refractivity contribution in [2.45, 2.75) is 12.5 Å². The summed E-state index contributed by atoms with van der Waals surface area (Å²) in [5.74, 6) is 1.02. The summed E-state index contributed by atoms with van der Waals surface area (Å²) in [4.78, 5) is 23.4. The molecule has 1 saturated heterocycles. The second kappa shape index (κ2) is 6.11. The molecule has 0 aromatic heterocycles. The predicted molar refractivity (Wildman–Crippen MR) is 74.0 cm³/mol. The van der Waals surface area contributed by atoms with E-state index in [0.717, 1.165) is 5.75 Å². The minimum atomic E-state index is -0.499. The summed E-state index contributed by atoms with van der Waals surface area (Å²) in [7, 11) is 0. The largest absolute Gasteiger partial charge is 0.343 e. The first-order valence-electron chi connectivity index (χ1n) is 5.59. The van der Waals surface area contributed by atoms with E-state index in [4.69, 9.17) is 11.6 Å². The van der Waals surface area contributed by atoms with E-state index in [1.165, 1.54) is 0 Å². The van der Waals surface area contributed by atoms with Crippen LogP contribution in [0.2, 0.25) is 5.02 Å². The van der Waals surface area contributed by atoms with Crippen LogP contribution in [0.25, 0.3) is 0 Å². The Balaban J connectivity index is 2.03. The van der Waals surface area contributed by atoms with Crippen molar-refractivity contribution in [3.8, 4) is 0 Å². The Hall–Kier alpha value is -1.20. The molecule has 2 amide bonds. The Labute approximate surface area is 114 Å². The summed E-state index contributed by atoms with van der Waals surface area (Å²) in [5.41, 5.74) is 0.563. The van der Waals surface area contributed by atoms with E-state index in [1.54, 1.807) is 36.0 Å². The monoisotopic (exact) mass is 284 g/mol. The average Bonchev–Trinajstić information content (AvgIpc) is 2.57. The number of para-hydroxylation sites is 1. The Morgan fingerprint density at radius 2 is 2.22 bits per heavy atom. The van der Waals surface area contributed by atoms with E-state index in [-0.39, 0.29) is 11.8 Å². The SMILES string of the molecule is O=C1CCSC[C@@H](C(=O)Nc2ccccc2Cl)N1. The van der Waals surface area contributed by atoms with E-state index >= 15 is 0 Å². The van der Waals surface area contributed by atoms with Gasteiger partial charge < -0.3 is 10.6 Å². The van der Waals surface area contributed by atoms with Gasteiger partial charge in [-0.15, -0.1) is 0 Å². The normalized spacial score (nSPS) is 19.8. The van der Waals surface area contributed by atoms with E-state index in [1.807, 2.05) is 0 Å². The molecule has 0 bridgehead atoms. The molecule has 2 N–H and O–H groups in total. The molecule has 0 radical (unpaired) electrons. The molecule has 1 aromatic carbocycles. The first kappa shape index (κ1) is 13.2. The maximum atomic E-state index is 12.0. The van der Waals surface area contributed by atoms with Crippen molar-refractivity contribution >= 4 is 40.9 Å². The number of halogens is 1. The van der Waals surface area contributed by atoms with Crippen LogP contribution >= 0.6 is 23.4 Å². The number of hydrogen-bond acceptors (Lipinski definition) is 3. The van der Waals surface area contributed by atoms with Crippen LogP contribution in [0.5, 0.6) is 0 Å². The summed E-state index contributed by atoms with van der Waals surface area (Å²) < 4.78 is 0. The van der Waals surface area contributed by atoms with Gasteiger partial charge in [-0.3, -0.25) is 9.59 Å². The highest BCUT2D eigenvalue weighted by Crippen LogP contribution is 2.21. The molecule has 0 unspecified atom stereocenters. The summed E-state index contributed by atoms with van der Waals surface area (Å²) in [6.45, 7) is 0. The van der Waals surface area contributed by atoms with Crippen molar-refractivity contribution in [1.29, 1.82) is 0 Å². The fourth-order valence-electron chi connectivity index (χ4n) is 1.60. The van der Waals surface area contributed by atoms with Gasteiger partial charge in [0.2, 0.25) is 11.8 Å². The third-order valence-electron chi connectivity index (χ3n) is 2.54. The zero-order valence-corrected chi connectivity index (χ0v) is 11.2. The smallest absolute Gasteiger partial charge is 0.247 e. The highest BCUT2D eigenvalue weighted by atomic mass is 35.5. The van der Waals surface area contributed by atoms with Gasteiger partial charge >= 0.3 is 0 Å². The lowest BCUT2D eigenvalue weighted by molar-refractivity contribution is -0.125. The van der Waals surface area contributed by atoms with Crippen molar-refractivity contribution < 1.29 is 9.59 Å². The Kier molecular flexibility index (Phi) is 4.49. The lowest BCUT2D eigenvalue weighted by Gasteiger charge is -2.15. The van der Waals surface area contributed by atoms with Crippen molar-refractivity contribution in [2.75, 3.05) is 16.8 Å². The number of anilines is 1. The quantitative estimate of drug-likeness (QED) is 0.872. The predicted octanol–water partition coefficient (Wildman–Crippen LogP) is 1.90. The molecule has 18 heavy (non-hydrogen) atoms. The lowest BCUT2D eigenvalue weighted by atomic mass is 10.2. The molecule has 1 atom stereocenters. The van der Waals surface area contributed by atoms with Crippen LogP contribution in [0.4, 0.5) is 5.69 Å². The molecule has 0 saturated carbocycles. The molecule has 0 aliphatic carbocycles. The first-order chi connectivity index (χ1) is 8.66. The fourth-order valence-corrected chi connectivity index (χ4v) is 2.75. The van der Waals surface area contributed by atoms with Gasteiger partial charge in [0.05, 0.1) is 10.7 Å². The number of thioether (sulfide) groups is 1. The number of hydrogen-bond donors (Lipinski definition) is 2. The van der Waals surface area contributed by atoms with Crippen LogP contribution in [0, 0.1) is 0 Å². The molecule has 1 heterocycles. The standard InChI is InChI=1S/C12H13ClN2O2S/c13-8-3-1-2-4-9(8)15-12(17)10-7-18-6-5-11(16)14-10/h1-4,10H,5-7H2,(H,14,16)(H,15,17)/t10-/m0/s1. The summed E-state index contributed by atoms with van der Waals surface area (Å²) in [5, 5.41) is 5.92. The summed E-state index contributed by atoms with van der Waals surface area (Å²) in [6.07, 6.45) is 0.459. The van der Waals surface area contributed by atoms with Gasteiger partial charge in [0.15, 0.2) is 0 Å². The Morgan fingerprint density at radius 3 is 3.00 bits per heavy atom. The van der Waals surface area contributed by atoms with Crippen LogP contribution in [-0.2, 0) is 9.59 Å². The number of carbonyl (C=O) groups is 2. The molecule has 2 rings (SSSR count). The van der Waals surface area contributed by atoms with Crippen LogP contribution in [0.3, 0.4) is 0 Å². The summed E-state index contributed by atoms with van der Waals surface area (Å²) >= 11 is 7.55. The number of rotatable bonds is 2. The average molecular weight is 285 g/mol. The van der Waals surface area contributed by atoms with E-state index in [0.29, 0.717) is 22.9 Å². The topological polar surface area (TPSA) is 58.2 Å². The van der Waals surface area contributed by atoms with Gasteiger partial charge in [0.25, 0.3) is 0 Å². The zero-order valence-electron chi connectivity index (χ0n) is 9.61. The van der Waals surface area contributed by atoms with Crippen molar-refractivity contribution in [1.82, 2.24) is 5.32 Å². The van der Waals surface area contributed by atoms with E-state index in [2.05, 4.69) is 10.6 Å². The maximum Gasteiger partial charge on any atom is 0.247 e. The molecule has 0 spiro atoms. The van der Waals surface area contributed by atoms with Gasteiger partial charge in [-0.1, -0.05) is 23.7 Å². The first-order valence-corrected chi connectivity index (χ1v) is 7.12. The Morgan fingerprint density at radius 1 is 1.44 bits per heavy atom. The fraction of sp³-hybridized carbons (Fsp3) is 0.333. The molecule has 1 aromatic rings. The zero-order chi connectivity index (χ0) is 13.0. The molecule has 1 fully saturated rings. The van der Waals surface area contributed by atoms with Crippen molar-refractivity contribution in [2.24, 2.45) is 0 Å². The molecule has 4 nitrogen and oxygen atoms in total. The highest BCUT2D eigenvalue weighted by Gasteiger charge is 2.23. The van der Waals surface area contributed by atoms with Gasteiger partial charge in [0.1, 0.15) is 6.04 Å². The van der Waals surface area contributed by atoms with Crippen LogP contribution in [0.1, 0.15) is 6.42 Å². The molecular formula is C12H13ClN2O2S. The van der Waals surface area contributed by atoms with Gasteiger partial charge in [0, 0.05) is 17.9 Å². The molecular weight excluding hydrogens is 272 g/mol. The minimum Gasteiger partial charge on any atom is -0.343 e.